The van der Waals surface area contributed by atoms with E-state index in [9.17, 15) is 0 Å². The highest BCUT2D eigenvalue weighted by molar-refractivity contribution is 7.80. The molecule has 0 N–H and O–H groups in total. The lowest BCUT2D eigenvalue weighted by atomic mass is 10.3. The third-order valence-electron chi connectivity index (χ3n) is 7.59. The Labute approximate surface area is 368 Å². The van der Waals surface area contributed by atoms with E-state index in [2.05, 4.69) is 19.6 Å². The van der Waals surface area contributed by atoms with Crippen molar-refractivity contribution in [3.8, 4) is 0 Å². The fourth-order valence-corrected chi connectivity index (χ4v) is 4.41. The molecule has 19 heteroatoms. The maximum absolute atomic E-state index is 5.95. The minimum Gasteiger partial charge on any atom is -0.382 e. The van der Waals surface area contributed by atoms with E-state index >= 15 is 0 Å². The zero-order chi connectivity index (χ0) is 44.1. The molecule has 0 aromatic heterocycles. The van der Waals surface area contributed by atoms with Gasteiger partial charge in [0.1, 0.15) is 6.10 Å². The SMILES string of the molecule is CCC(COCCOCCOCC(COCCOCCOC)OCCOCCOC)OCCOCCOCCC(COCCOCCOC)OCCOCCOC.CCS. The highest BCUT2D eigenvalue weighted by Gasteiger charge is 2.12. The van der Waals surface area contributed by atoms with Crippen molar-refractivity contribution in [1.82, 2.24) is 0 Å². The third kappa shape index (κ3) is 52.0. The summed E-state index contributed by atoms with van der Waals surface area (Å²) >= 11 is 3.79. The standard InChI is InChI=1S/C39H80O18.C2H6S/c1-6-37(33-51-23-21-49-22-26-54-36-39(57-32-29-48-16-12-43-5)35-53-25-20-46-14-10-41-3)55-30-27-50-18-17-44-8-7-38(56-31-28-47-15-11-42-4)34-52-24-19-45-13-9-40-2;1-2-3/h37-39H,6-36H2,1-5H3;3H,2H2,1H3. The molecular weight excluding hydrogens is 813 g/mol. The molecule has 0 rings (SSSR count). The molecule has 0 aliphatic heterocycles. The van der Waals surface area contributed by atoms with Gasteiger partial charge in [-0.3, -0.25) is 0 Å². The van der Waals surface area contributed by atoms with Crippen LogP contribution in [0.3, 0.4) is 0 Å². The second-order valence-corrected chi connectivity index (χ2v) is 13.2. The first-order chi connectivity index (χ1) is 29.6. The van der Waals surface area contributed by atoms with Crippen LogP contribution in [0.25, 0.3) is 0 Å². The first-order valence-corrected chi connectivity index (χ1v) is 22.0. The molecule has 0 radical (unpaired) electrons. The zero-order valence-corrected chi connectivity index (χ0v) is 39.0. The summed E-state index contributed by atoms with van der Waals surface area (Å²) in [4.78, 5) is 0. The Morgan fingerprint density at radius 2 is 0.517 bits per heavy atom. The lowest BCUT2D eigenvalue weighted by Gasteiger charge is -2.19. The number of ether oxygens (including phenoxy) is 18. The molecule has 0 aliphatic carbocycles. The monoisotopic (exact) mass is 899 g/mol. The summed E-state index contributed by atoms with van der Waals surface area (Å²) < 4.78 is 99.6. The van der Waals surface area contributed by atoms with E-state index in [-0.39, 0.29) is 18.3 Å². The molecule has 364 valence electrons. The van der Waals surface area contributed by atoms with Crippen LogP contribution in [0.15, 0.2) is 0 Å². The van der Waals surface area contributed by atoms with Gasteiger partial charge in [-0.2, -0.15) is 12.6 Å². The van der Waals surface area contributed by atoms with Gasteiger partial charge in [0.25, 0.3) is 0 Å². The highest BCUT2D eigenvalue weighted by atomic mass is 32.1. The van der Waals surface area contributed by atoms with Crippen LogP contribution in [0.5, 0.6) is 0 Å². The molecule has 18 nitrogen and oxygen atoms in total. The topological polar surface area (TPSA) is 166 Å². The van der Waals surface area contributed by atoms with Crippen LogP contribution < -0.4 is 0 Å². The van der Waals surface area contributed by atoms with Crippen LogP contribution in [-0.2, 0) is 85.3 Å². The Bertz CT molecular complexity index is 698. The maximum atomic E-state index is 5.95. The third-order valence-corrected chi connectivity index (χ3v) is 7.59. The van der Waals surface area contributed by atoms with Crippen LogP contribution in [-0.4, -0.2) is 244 Å². The molecule has 0 amide bonds. The van der Waals surface area contributed by atoms with Crippen molar-refractivity contribution in [2.24, 2.45) is 0 Å². The van der Waals surface area contributed by atoms with E-state index in [1.807, 2.05) is 6.92 Å². The molecule has 0 saturated heterocycles. The molecule has 0 aliphatic rings. The molecular formula is C41H86O18S. The molecule has 0 spiro atoms. The summed E-state index contributed by atoms with van der Waals surface area (Å²) in [5.74, 6) is 0.944. The van der Waals surface area contributed by atoms with Gasteiger partial charge < -0.3 is 85.3 Å². The molecule has 0 heterocycles. The highest BCUT2D eigenvalue weighted by Crippen LogP contribution is 2.03. The number of rotatable bonds is 51. The lowest BCUT2D eigenvalue weighted by molar-refractivity contribution is -0.0871. The molecule has 0 aromatic carbocycles. The Morgan fingerprint density at radius 3 is 0.850 bits per heavy atom. The van der Waals surface area contributed by atoms with Crippen molar-refractivity contribution < 1.29 is 85.3 Å². The second kappa shape index (κ2) is 56.6. The van der Waals surface area contributed by atoms with Gasteiger partial charge in [0, 0.05) is 35.0 Å². The van der Waals surface area contributed by atoms with E-state index in [0.29, 0.717) is 198 Å². The van der Waals surface area contributed by atoms with Gasteiger partial charge in [-0.15, -0.1) is 0 Å². The van der Waals surface area contributed by atoms with Gasteiger partial charge in [0.15, 0.2) is 0 Å². The van der Waals surface area contributed by atoms with E-state index in [4.69, 9.17) is 85.3 Å². The number of thiol groups is 1. The normalized spacial score (nSPS) is 13.1. The van der Waals surface area contributed by atoms with Crippen LogP contribution >= 0.6 is 12.6 Å². The number of hydrogen-bond donors (Lipinski definition) is 1. The predicted molar refractivity (Wildman–Crippen MR) is 230 cm³/mol. The zero-order valence-electron chi connectivity index (χ0n) is 38.2. The average molecular weight is 899 g/mol. The molecule has 0 fully saturated rings. The van der Waals surface area contributed by atoms with Gasteiger partial charge in [0.05, 0.1) is 197 Å². The van der Waals surface area contributed by atoms with Crippen LogP contribution in [0.4, 0.5) is 0 Å². The number of methoxy groups -OCH3 is 4. The Kier molecular flexibility index (Phi) is 58.3. The first-order valence-electron chi connectivity index (χ1n) is 21.4. The predicted octanol–water partition coefficient (Wildman–Crippen LogP) is 2.65. The van der Waals surface area contributed by atoms with Gasteiger partial charge in [-0.1, -0.05) is 13.8 Å². The Balaban J connectivity index is 0. The quantitative estimate of drug-likeness (QED) is 0.0699. The van der Waals surface area contributed by atoms with E-state index in [1.165, 1.54) is 0 Å². The summed E-state index contributed by atoms with van der Waals surface area (Å²) in [5.41, 5.74) is 0. The number of hydrogen-bond acceptors (Lipinski definition) is 19. The van der Waals surface area contributed by atoms with Gasteiger partial charge >= 0.3 is 0 Å². The van der Waals surface area contributed by atoms with Gasteiger partial charge in [-0.05, 0) is 18.6 Å². The molecule has 3 unspecified atom stereocenters. The summed E-state index contributed by atoms with van der Waals surface area (Å²) in [6, 6.07) is 0. The van der Waals surface area contributed by atoms with Crippen molar-refractivity contribution in [2.45, 2.75) is 45.0 Å². The summed E-state index contributed by atoms with van der Waals surface area (Å²) in [5, 5.41) is 0. The van der Waals surface area contributed by atoms with Gasteiger partial charge in [0.2, 0.25) is 0 Å². The van der Waals surface area contributed by atoms with Crippen LogP contribution in [0.2, 0.25) is 0 Å². The fourth-order valence-electron chi connectivity index (χ4n) is 4.41. The van der Waals surface area contributed by atoms with Crippen LogP contribution in [0.1, 0.15) is 26.7 Å². The molecule has 0 saturated carbocycles. The van der Waals surface area contributed by atoms with E-state index < -0.39 is 0 Å². The minimum atomic E-state index is -0.232. The maximum Gasteiger partial charge on any atom is 0.104 e. The average Bonchev–Trinajstić information content (AvgIpc) is 3.25. The summed E-state index contributed by atoms with van der Waals surface area (Å²) in [7, 11) is 6.57. The second-order valence-electron chi connectivity index (χ2n) is 12.5. The Hall–Kier alpha value is -0.370. The van der Waals surface area contributed by atoms with Crippen LogP contribution in [0, 0.1) is 0 Å². The molecule has 0 aromatic rings. The summed E-state index contributed by atoms with van der Waals surface area (Å²) in [6.45, 7) is 18.1. The van der Waals surface area contributed by atoms with Crippen molar-refractivity contribution in [3.63, 3.8) is 0 Å². The largest absolute Gasteiger partial charge is 0.382 e. The lowest BCUT2D eigenvalue weighted by Crippen LogP contribution is -2.29. The molecule has 60 heavy (non-hydrogen) atoms. The Morgan fingerprint density at radius 1 is 0.283 bits per heavy atom. The van der Waals surface area contributed by atoms with Crippen molar-refractivity contribution in [3.05, 3.63) is 0 Å². The smallest absolute Gasteiger partial charge is 0.104 e. The summed E-state index contributed by atoms with van der Waals surface area (Å²) in [6.07, 6.45) is 1.16. The molecule has 3 atom stereocenters. The van der Waals surface area contributed by atoms with Gasteiger partial charge in [-0.25, -0.2) is 0 Å². The molecule has 0 bridgehead atoms. The van der Waals surface area contributed by atoms with E-state index in [0.717, 1.165) is 12.2 Å². The van der Waals surface area contributed by atoms with Crippen molar-refractivity contribution in [1.29, 1.82) is 0 Å². The fraction of sp³-hybridized carbons (Fsp3) is 1.00. The van der Waals surface area contributed by atoms with Crippen molar-refractivity contribution in [2.75, 3.05) is 226 Å². The van der Waals surface area contributed by atoms with Crippen molar-refractivity contribution >= 4 is 12.6 Å². The van der Waals surface area contributed by atoms with E-state index in [1.54, 1.807) is 28.4 Å². The first kappa shape index (κ1) is 61.7. The minimum absolute atomic E-state index is 0.0175.